The monoisotopic (exact) mass is 233 g/mol. The summed E-state index contributed by atoms with van der Waals surface area (Å²) in [7, 11) is 0. The molecule has 2 saturated heterocycles. The van der Waals surface area contributed by atoms with Gasteiger partial charge in [0.05, 0.1) is 18.2 Å². The minimum Gasteiger partial charge on any atom is -0.381 e. The van der Waals surface area contributed by atoms with E-state index in [0.717, 1.165) is 39.2 Å². The highest BCUT2D eigenvalue weighted by atomic mass is 16.5. The van der Waals surface area contributed by atoms with Crippen molar-refractivity contribution in [3.05, 3.63) is 35.9 Å². The van der Waals surface area contributed by atoms with Crippen molar-refractivity contribution in [3.63, 3.8) is 0 Å². The lowest BCUT2D eigenvalue weighted by Crippen LogP contribution is -2.54. The van der Waals surface area contributed by atoms with Crippen LogP contribution in [0, 0.1) is 0 Å². The second-order valence-electron chi connectivity index (χ2n) is 4.82. The second-order valence-corrected chi connectivity index (χ2v) is 4.82. The van der Waals surface area contributed by atoms with Gasteiger partial charge in [0.25, 0.3) is 0 Å². The van der Waals surface area contributed by atoms with Crippen LogP contribution in [0.2, 0.25) is 0 Å². The number of ether oxygens (including phenoxy) is 2. The van der Waals surface area contributed by atoms with Crippen molar-refractivity contribution >= 4 is 0 Å². The van der Waals surface area contributed by atoms with Crippen molar-refractivity contribution in [1.82, 2.24) is 5.32 Å². The Morgan fingerprint density at radius 2 is 1.82 bits per heavy atom. The highest BCUT2D eigenvalue weighted by Crippen LogP contribution is 2.39. The molecule has 2 aliphatic heterocycles. The molecule has 2 heterocycles. The Morgan fingerprint density at radius 1 is 1.06 bits per heavy atom. The third kappa shape index (κ3) is 2.10. The molecule has 1 aromatic rings. The zero-order valence-corrected chi connectivity index (χ0v) is 10.0. The predicted octanol–water partition coefficient (Wildman–Crippen LogP) is 1.90. The van der Waals surface area contributed by atoms with Crippen LogP contribution in [0.15, 0.2) is 30.3 Å². The zero-order valence-electron chi connectivity index (χ0n) is 10.0. The Bertz CT molecular complexity index is 351. The minimum absolute atomic E-state index is 0.0577. The molecular formula is C14H19NO2. The molecule has 1 N–H and O–H groups in total. The first kappa shape index (κ1) is 11.2. The van der Waals surface area contributed by atoms with E-state index in [2.05, 4.69) is 35.6 Å². The largest absolute Gasteiger partial charge is 0.381 e. The van der Waals surface area contributed by atoms with E-state index in [-0.39, 0.29) is 5.60 Å². The molecule has 3 nitrogen and oxygen atoms in total. The summed E-state index contributed by atoms with van der Waals surface area (Å²) in [5.41, 5.74) is 1.27. The molecule has 2 aliphatic rings. The number of morpholine rings is 1. The summed E-state index contributed by atoms with van der Waals surface area (Å²) in [4.78, 5) is 0. The van der Waals surface area contributed by atoms with Crippen molar-refractivity contribution in [2.24, 2.45) is 0 Å². The van der Waals surface area contributed by atoms with E-state index in [9.17, 15) is 0 Å². The summed E-state index contributed by atoms with van der Waals surface area (Å²) in [5, 5.41) is 3.62. The lowest BCUT2D eigenvalue weighted by atomic mass is 9.81. The van der Waals surface area contributed by atoms with E-state index in [0.29, 0.717) is 6.04 Å². The first-order valence-corrected chi connectivity index (χ1v) is 6.41. The van der Waals surface area contributed by atoms with Crippen molar-refractivity contribution in [2.75, 3.05) is 26.4 Å². The van der Waals surface area contributed by atoms with Crippen LogP contribution in [0.3, 0.4) is 0 Å². The maximum absolute atomic E-state index is 6.13. The SMILES string of the molecule is c1ccc(C2NCCOC23CCOCC3)cc1. The molecular weight excluding hydrogens is 214 g/mol. The molecule has 92 valence electrons. The van der Waals surface area contributed by atoms with E-state index >= 15 is 0 Å². The molecule has 0 saturated carbocycles. The van der Waals surface area contributed by atoms with Crippen molar-refractivity contribution in [2.45, 2.75) is 24.5 Å². The van der Waals surface area contributed by atoms with Gasteiger partial charge in [0.1, 0.15) is 0 Å². The minimum atomic E-state index is -0.0577. The van der Waals surface area contributed by atoms with Crippen molar-refractivity contribution in [1.29, 1.82) is 0 Å². The lowest BCUT2D eigenvalue weighted by Gasteiger charge is -2.46. The van der Waals surface area contributed by atoms with Crippen LogP contribution in [-0.4, -0.2) is 32.0 Å². The van der Waals surface area contributed by atoms with E-state index in [1.807, 2.05) is 0 Å². The Kier molecular flexibility index (Phi) is 3.14. The van der Waals surface area contributed by atoms with Crippen LogP contribution >= 0.6 is 0 Å². The van der Waals surface area contributed by atoms with Gasteiger partial charge in [-0.05, 0) is 5.56 Å². The fourth-order valence-electron chi connectivity index (χ4n) is 2.94. The molecule has 0 bridgehead atoms. The van der Waals surface area contributed by atoms with Gasteiger partial charge in [-0.25, -0.2) is 0 Å². The van der Waals surface area contributed by atoms with Gasteiger partial charge in [-0.2, -0.15) is 0 Å². The summed E-state index contributed by atoms with van der Waals surface area (Å²) in [6.45, 7) is 3.36. The van der Waals surface area contributed by atoms with Crippen LogP contribution < -0.4 is 5.32 Å². The van der Waals surface area contributed by atoms with Crippen LogP contribution in [0.1, 0.15) is 24.4 Å². The quantitative estimate of drug-likeness (QED) is 0.803. The third-order valence-electron chi connectivity index (χ3n) is 3.84. The molecule has 0 aromatic heterocycles. The van der Waals surface area contributed by atoms with Gasteiger partial charge in [0.15, 0.2) is 0 Å². The average Bonchev–Trinajstić information content (AvgIpc) is 2.41. The number of benzene rings is 1. The Labute approximate surface area is 102 Å². The Balaban J connectivity index is 1.89. The number of rotatable bonds is 1. The van der Waals surface area contributed by atoms with E-state index in [1.54, 1.807) is 0 Å². The van der Waals surface area contributed by atoms with Gasteiger partial charge >= 0.3 is 0 Å². The van der Waals surface area contributed by atoms with Crippen LogP contribution in [-0.2, 0) is 9.47 Å². The summed E-state index contributed by atoms with van der Waals surface area (Å²) in [6, 6.07) is 10.9. The summed E-state index contributed by atoms with van der Waals surface area (Å²) >= 11 is 0. The normalized spacial score (nSPS) is 28.1. The maximum atomic E-state index is 6.13. The summed E-state index contributed by atoms with van der Waals surface area (Å²) < 4.78 is 11.6. The molecule has 1 unspecified atom stereocenters. The van der Waals surface area contributed by atoms with Gasteiger partial charge in [-0.3, -0.25) is 0 Å². The smallest absolute Gasteiger partial charge is 0.0920 e. The average molecular weight is 233 g/mol. The highest BCUT2D eigenvalue weighted by molar-refractivity contribution is 5.23. The van der Waals surface area contributed by atoms with Crippen LogP contribution in [0.5, 0.6) is 0 Å². The molecule has 0 aliphatic carbocycles. The number of hydrogen-bond donors (Lipinski definition) is 1. The molecule has 3 heteroatoms. The van der Waals surface area contributed by atoms with Gasteiger partial charge in [-0.15, -0.1) is 0 Å². The van der Waals surface area contributed by atoms with Crippen molar-refractivity contribution in [3.8, 4) is 0 Å². The van der Waals surface area contributed by atoms with Gasteiger partial charge in [0.2, 0.25) is 0 Å². The highest BCUT2D eigenvalue weighted by Gasteiger charge is 2.43. The molecule has 17 heavy (non-hydrogen) atoms. The standard InChI is InChI=1S/C14H19NO2/c1-2-4-12(5-3-1)13-14(17-11-8-15-13)6-9-16-10-7-14/h1-5,13,15H,6-11H2. The van der Waals surface area contributed by atoms with E-state index in [1.165, 1.54) is 5.56 Å². The first-order valence-electron chi connectivity index (χ1n) is 6.41. The molecule has 0 amide bonds. The summed E-state index contributed by atoms with van der Waals surface area (Å²) in [6.07, 6.45) is 1.97. The Morgan fingerprint density at radius 3 is 2.59 bits per heavy atom. The molecule has 1 atom stereocenters. The fourth-order valence-corrected chi connectivity index (χ4v) is 2.94. The molecule has 2 fully saturated rings. The van der Waals surface area contributed by atoms with E-state index < -0.39 is 0 Å². The first-order chi connectivity index (χ1) is 8.41. The van der Waals surface area contributed by atoms with Crippen LogP contribution in [0.25, 0.3) is 0 Å². The third-order valence-corrected chi connectivity index (χ3v) is 3.84. The molecule has 0 radical (unpaired) electrons. The molecule has 3 rings (SSSR count). The number of hydrogen-bond acceptors (Lipinski definition) is 3. The maximum Gasteiger partial charge on any atom is 0.0920 e. The fraction of sp³-hybridized carbons (Fsp3) is 0.571. The topological polar surface area (TPSA) is 30.5 Å². The van der Waals surface area contributed by atoms with Gasteiger partial charge in [0, 0.05) is 32.6 Å². The zero-order chi connectivity index (χ0) is 11.6. The van der Waals surface area contributed by atoms with Crippen LogP contribution in [0.4, 0.5) is 0 Å². The molecule has 1 spiro atoms. The Hall–Kier alpha value is -0.900. The summed E-state index contributed by atoms with van der Waals surface area (Å²) in [5.74, 6) is 0. The number of nitrogens with one attached hydrogen (secondary N) is 1. The lowest BCUT2D eigenvalue weighted by molar-refractivity contribution is -0.149. The second kappa shape index (κ2) is 4.77. The van der Waals surface area contributed by atoms with E-state index in [4.69, 9.17) is 9.47 Å². The van der Waals surface area contributed by atoms with Gasteiger partial charge in [-0.1, -0.05) is 30.3 Å². The van der Waals surface area contributed by atoms with Gasteiger partial charge < -0.3 is 14.8 Å². The van der Waals surface area contributed by atoms with Crippen molar-refractivity contribution < 1.29 is 9.47 Å². The predicted molar refractivity (Wildman–Crippen MR) is 65.9 cm³/mol. The molecule has 1 aromatic carbocycles.